The summed E-state index contributed by atoms with van der Waals surface area (Å²) < 4.78 is 9.25. The summed E-state index contributed by atoms with van der Waals surface area (Å²) in [5.41, 5.74) is 0.649. The number of hydrogen-bond acceptors (Lipinski definition) is 5. The molecule has 0 spiro atoms. The standard InChI is InChI=1S/C16H21O5S/c1-20-15(18)8-10-22(11-9-16(19)21-2)12-14(17)13-6-4-3-5-7-13/h3-7H,8-12H2,1-2H3/q+1. The van der Waals surface area contributed by atoms with E-state index >= 15 is 0 Å². The molecule has 1 aromatic rings. The molecule has 22 heavy (non-hydrogen) atoms. The van der Waals surface area contributed by atoms with Crippen molar-refractivity contribution in [1.82, 2.24) is 0 Å². The van der Waals surface area contributed by atoms with E-state index in [-0.39, 0.29) is 41.5 Å². The molecule has 0 N–H and O–H groups in total. The molecule has 0 aliphatic rings. The molecule has 1 rings (SSSR count). The van der Waals surface area contributed by atoms with E-state index in [1.165, 1.54) is 14.2 Å². The van der Waals surface area contributed by atoms with E-state index in [4.69, 9.17) is 0 Å². The topological polar surface area (TPSA) is 69.7 Å². The fourth-order valence-corrected chi connectivity index (χ4v) is 3.74. The van der Waals surface area contributed by atoms with Crippen LogP contribution in [0, 0.1) is 0 Å². The van der Waals surface area contributed by atoms with Gasteiger partial charge in [0.2, 0.25) is 5.78 Å². The lowest BCUT2D eigenvalue weighted by Gasteiger charge is -2.08. The van der Waals surface area contributed by atoms with Gasteiger partial charge in [-0.1, -0.05) is 30.3 Å². The first kappa shape index (κ1) is 18.2. The normalized spacial score (nSPS) is 10.3. The van der Waals surface area contributed by atoms with Crippen LogP contribution in [-0.4, -0.2) is 49.2 Å². The lowest BCUT2D eigenvalue weighted by molar-refractivity contribution is -0.140. The van der Waals surface area contributed by atoms with Crippen molar-refractivity contribution in [2.75, 3.05) is 31.5 Å². The van der Waals surface area contributed by atoms with Crippen molar-refractivity contribution in [3.05, 3.63) is 35.9 Å². The number of ketones is 1. The van der Waals surface area contributed by atoms with Crippen molar-refractivity contribution in [3.8, 4) is 0 Å². The highest BCUT2D eigenvalue weighted by molar-refractivity contribution is 7.97. The molecule has 0 heterocycles. The third kappa shape index (κ3) is 6.76. The SMILES string of the molecule is COC(=O)CC[S+](CCC(=O)OC)CC(=O)c1ccccc1. The Hall–Kier alpha value is -1.82. The molecule has 0 fully saturated rings. The summed E-state index contributed by atoms with van der Waals surface area (Å²) in [4.78, 5) is 34.8. The Bertz CT molecular complexity index is 481. The molecule has 5 nitrogen and oxygen atoms in total. The zero-order valence-electron chi connectivity index (χ0n) is 12.9. The predicted molar refractivity (Wildman–Crippen MR) is 86.0 cm³/mol. The highest BCUT2D eigenvalue weighted by atomic mass is 32.2. The van der Waals surface area contributed by atoms with Gasteiger partial charge in [-0.05, 0) is 10.9 Å². The van der Waals surface area contributed by atoms with Crippen molar-refractivity contribution in [2.24, 2.45) is 0 Å². The third-order valence-corrected chi connectivity index (χ3v) is 5.31. The quantitative estimate of drug-likeness (QED) is 0.392. The molecule has 0 amide bonds. The molecule has 1 aromatic carbocycles. The molecule has 0 aromatic heterocycles. The van der Waals surface area contributed by atoms with Gasteiger partial charge < -0.3 is 9.47 Å². The zero-order chi connectivity index (χ0) is 16.4. The predicted octanol–water partition coefficient (Wildman–Crippen LogP) is 1.61. The molecular formula is C16H21O5S+. The lowest BCUT2D eigenvalue weighted by Crippen LogP contribution is -2.25. The summed E-state index contributed by atoms with van der Waals surface area (Å²) in [7, 11) is 2.32. The number of carbonyl (C=O) groups is 3. The number of methoxy groups -OCH3 is 2. The minimum Gasteiger partial charge on any atom is -0.469 e. The maximum absolute atomic E-state index is 12.3. The molecule has 0 aliphatic heterocycles. The number of rotatable bonds is 9. The third-order valence-electron chi connectivity index (χ3n) is 3.08. The summed E-state index contributed by atoms with van der Waals surface area (Å²) in [5, 5.41) is 0. The summed E-state index contributed by atoms with van der Waals surface area (Å²) in [6.07, 6.45) is 0.506. The van der Waals surface area contributed by atoms with Gasteiger partial charge in [0.15, 0.2) is 5.75 Å². The van der Waals surface area contributed by atoms with Gasteiger partial charge in [0.1, 0.15) is 11.5 Å². The molecule has 0 atom stereocenters. The van der Waals surface area contributed by atoms with Crippen LogP contribution >= 0.6 is 0 Å². The minimum absolute atomic E-state index is 0.0265. The summed E-state index contributed by atoms with van der Waals surface area (Å²) in [6, 6.07) is 9.02. The zero-order valence-corrected chi connectivity index (χ0v) is 13.7. The van der Waals surface area contributed by atoms with E-state index in [1.807, 2.05) is 18.2 Å². The Labute approximate surface area is 133 Å². The first-order chi connectivity index (χ1) is 10.6. The largest absolute Gasteiger partial charge is 0.469 e. The van der Waals surface area contributed by atoms with Gasteiger partial charge in [-0.15, -0.1) is 0 Å². The maximum Gasteiger partial charge on any atom is 0.310 e. The van der Waals surface area contributed by atoms with Crippen LogP contribution in [0.15, 0.2) is 30.3 Å². The number of ether oxygens (including phenoxy) is 2. The molecule has 0 saturated heterocycles. The fourth-order valence-electron chi connectivity index (χ4n) is 1.80. The molecule has 0 radical (unpaired) electrons. The fraction of sp³-hybridized carbons (Fsp3) is 0.438. The van der Waals surface area contributed by atoms with Gasteiger partial charge in [-0.3, -0.25) is 14.4 Å². The van der Waals surface area contributed by atoms with Crippen LogP contribution in [0.5, 0.6) is 0 Å². The van der Waals surface area contributed by atoms with E-state index < -0.39 is 0 Å². The highest BCUT2D eigenvalue weighted by Gasteiger charge is 2.25. The Morgan fingerprint density at radius 1 is 0.909 bits per heavy atom. The second kappa shape index (κ2) is 10.00. The van der Waals surface area contributed by atoms with Crippen LogP contribution < -0.4 is 0 Å². The second-order valence-corrected chi connectivity index (χ2v) is 6.94. The van der Waals surface area contributed by atoms with Crippen LogP contribution in [-0.2, 0) is 30.0 Å². The van der Waals surface area contributed by atoms with E-state index in [0.29, 0.717) is 22.8 Å². The molecular weight excluding hydrogens is 304 g/mol. The average Bonchev–Trinajstić information content (AvgIpc) is 2.57. The van der Waals surface area contributed by atoms with Crippen LogP contribution in [0.2, 0.25) is 0 Å². The van der Waals surface area contributed by atoms with Crippen LogP contribution in [0.4, 0.5) is 0 Å². The van der Waals surface area contributed by atoms with E-state index in [1.54, 1.807) is 12.1 Å². The van der Waals surface area contributed by atoms with Crippen LogP contribution in [0.1, 0.15) is 23.2 Å². The van der Waals surface area contributed by atoms with Crippen LogP contribution in [0.25, 0.3) is 0 Å². The Kier molecular flexibility index (Phi) is 8.28. The lowest BCUT2D eigenvalue weighted by atomic mass is 10.2. The molecule has 0 saturated carbocycles. The van der Waals surface area contributed by atoms with Crippen molar-refractivity contribution in [2.45, 2.75) is 12.8 Å². The maximum atomic E-state index is 12.3. The van der Waals surface area contributed by atoms with Gasteiger partial charge in [-0.25, -0.2) is 0 Å². The number of esters is 2. The Balaban J connectivity index is 2.61. The van der Waals surface area contributed by atoms with Gasteiger partial charge >= 0.3 is 11.9 Å². The van der Waals surface area contributed by atoms with Crippen molar-refractivity contribution in [3.63, 3.8) is 0 Å². The minimum atomic E-state index is -0.351. The Morgan fingerprint density at radius 2 is 1.41 bits per heavy atom. The molecule has 0 bridgehead atoms. The van der Waals surface area contributed by atoms with E-state index in [2.05, 4.69) is 9.47 Å². The molecule has 6 heteroatoms. The highest BCUT2D eigenvalue weighted by Crippen LogP contribution is 2.09. The Morgan fingerprint density at radius 3 is 1.86 bits per heavy atom. The van der Waals surface area contributed by atoms with Crippen LogP contribution in [0.3, 0.4) is 0 Å². The first-order valence-corrected chi connectivity index (χ1v) is 8.66. The summed E-state index contributed by atoms with van der Waals surface area (Å²) >= 11 is 0. The summed E-state index contributed by atoms with van der Waals surface area (Å²) in [5.74, 6) is 0.840. The van der Waals surface area contributed by atoms with Gasteiger partial charge in [0.25, 0.3) is 0 Å². The summed E-state index contributed by atoms with van der Waals surface area (Å²) in [6.45, 7) is 0. The van der Waals surface area contributed by atoms with Gasteiger partial charge in [0.05, 0.1) is 27.1 Å². The number of benzene rings is 1. The molecule has 0 unspecified atom stereocenters. The van der Waals surface area contributed by atoms with Gasteiger partial charge in [-0.2, -0.15) is 0 Å². The van der Waals surface area contributed by atoms with Crippen molar-refractivity contribution >= 4 is 28.6 Å². The average molecular weight is 325 g/mol. The van der Waals surface area contributed by atoms with E-state index in [9.17, 15) is 14.4 Å². The smallest absolute Gasteiger partial charge is 0.310 e. The first-order valence-electron chi connectivity index (χ1n) is 6.92. The monoisotopic (exact) mass is 325 g/mol. The number of hydrogen-bond donors (Lipinski definition) is 0. The number of carbonyl (C=O) groups excluding carboxylic acids is 3. The van der Waals surface area contributed by atoms with Crippen molar-refractivity contribution in [1.29, 1.82) is 0 Å². The van der Waals surface area contributed by atoms with E-state index in [0.717, 1.165) is 0 Å². The molecule has 120 valence electrons. The molecule has 0 aliphatic carbocycles. The van der Waals surface area contributed by atoms with Gasteiger partial charge in [0, 0.05) is 5.56 Å². The number of Topliss-reactive ketones (excluding diaryl/α,β-unsaturated/α-hetero) is 1. The second-order valence-electron chi connectivity index (χ2n) is 4.61. The van der Waals surface area contributed by atoms with Crippen molar-refractivity contribution < 1.29 is 23.9 Å².